The van der Waals surface area contributed by atoms with Gasteiger partial charge in [0.1, 0.15) is 23.5 Å². The third-order valence-corrected chi connectivity index (χ3v) is 4.62. The second-order valence-corrected chi connectivity index (χ2v) is 6.91. The SMILES string of the molecule is CC(NS(=O)(=O)CC[n+]1ccc(-c2ncsn2)cn1)C(=O)O. The minimum absolute atomic E-state index is 0.104. The Balaban J connectivity index is 1.95. The Morgan fingerprint density at radius 3 is 2.86 bits per heavy atom. The molecular weight excluding hydrogens is 330 g/mol. The molecule has 0 radical (unpaired) electrons. The molecule has 0 fully saturated rings. The van der Waals surface area contributed by atoms with Crippen molar-refractivity contribution < 1.29 is 23.0 Å². The molecule has 9 nitrogen and oxygen atoms in total. The Hall–Kier alpha value is -1.98. The summed E-state index contributed by atoms with van der Waals surface area (Å²) >= 11 is 1.23. The first-order chi connectivity index (χ1) is 10.4. The lowest BCUT2D eigenvalue weighted by Crippen LogP contribution is -2.45. The summed E-state index contributed by atoms with van der Waals surface area (Å²) in [4.78, 5) is 14.7. The minimum atomic E-state index is -3.69. The van der Waals surface area contributed by atoms with Crippen molar-refractivity contribution in [2.24, 2.45) is 0 Å². The molecule has 118 valence electrons. The first kappa shape index (κ1) is 16.4. The third-order valence-electron chi connectivity index (χ3n) is 2.71. The van der Waals surface area contributed by atoms with E-state index >= 15 is 0 Å². The molecule has 0 spiro atoms. The molecule has 2 rings (SSSR count). The molecule has 1 unspecified atom stereocenters. The molecule has 0 aliphatic heterocycles. The van der Waals surface area contributed by atoms with Crippen molar-refractivity contribution in [2.75, 3.05) is 5.75 Å². The number of aromatic nitrogens is 4. The fourth-order valence-corrected chi connectivity index (χ4v) is 3.17. The van der Waals surface area contributed by atoms with Gasteiger partial charge in [-0.25, -0.2) is 18.1 Å². The monoisotopic (exact) mass is 344 g/mol. The standard InChI is InChI=1S/C11H13N5O4S2/c1-8(11(17)18)15-22(19,20)5-4-16-3-2-9(6-13-16)10-12-7-21-14-10/h2-3,6-8,15H,4-5H2,1H3/p+1. The summed E-state index contributed by atoms with van der Waals surface area (Å²) in [6, 6.07) is 0.565. The molecule has 0 aliphatic carbocycles. The lowest BCUT2D eigenvalue weighted by molar-refractivity contribution is -0.749. The van der Waals surface area contributed by atoms with Crippen LogP contribution in [0.4, 0.5) is 0 Å². The molecule has 0 aromatic carbocycles. The average Bonchev–Trinajstić information content (AvgIpc) is 2.99. The van der Waals surface area contributed by atoms with Gasteiger partial charge >= 0.3 is 5.97 Å². The van der Waals surface area contributed by atoms with Crippen LogP contribution in [0.1, 0.15) is 6.92 Å². The van der Waals surface area contributed by atoms with E-state index in [0.29, 0.717) is 5.82 Å². The van der Waals surface area contributed by atoms with Crippen molar-refractivity contribution >= 4 is 27.5 Å². The summed E-state index contributed by atoms with van der Waals surface area (Å²) < 4.78 is 31.1. The van der Waals surface area contributed by atoms with E-state index in [1.54, 1.807) is 24.0 Å². The lowest BCUT2D eigenvalue weighted by Gasteiger charge is -2.08. The van der Waals surface area contributed by atoms with Crippen molar-refractivity contribution in [2.45, 2.75) is 19.5 Å². The second kappa shape index (κ2) is 6.85. The van der Waals surface area contributed by atoms with Gasteiger partial charge < -0.3 is 5.11 Å². The summed E-state index contributed by atoms with van der Waals surface area (Å²) in [7, 11) is -3.69. The maximum atomic E-state index is 11.7. The zero-order valence-corrected chi connectivity index (χ0v) is 13.2. The number of aryl methyl sites for hydroxylation is 1. The Morgan fingerprint density at radius 2 is 2.32 bits per heavy atom. The van der Waals surface area contributed by atoms with Gasteiger partial charge in [0, 0.05) is 6.07 Å². The van der Waals surface area contributed by atoms with Gasteiger partial charge in [-0.1, -0.05) is 4.68 Å². The van der Waals surface area contributed by atoms with Crippen LogP contribution in [-0.2, 0) is 21.4 Å². The average molecular weight is 344 g/mol. The van der Waals surface area contributed by atoms with E-state index in [1.165, 1.54) is 23.1 Å². The number of carbonyl (C=O) groups is 1. The number of nitrogens with one attached hydrogen (secondary N) is 1. The number of hydrogen-bond donors (Lipinski definition) is 2. The maximum Gasteiger partial charge on any atom is 0.321 e. The predicted molar refractivity (Wildman–Crippen MR) is 77.4 cm³/mol. The van der Waals surface area contributed by atoms with E-state index < -0.39 is 22.0 Å². The van der Waals surface area contributed by atoms with Gasteiger partial charge in [-0.05, 0) is 23.6 Å². The highest BCUT2D eigenvalue weighted by Crippen LogP contribution is 2.11. The fourth-order valence-electron chi connectivity index (χ4n) is 1.54. The van der Waals surface area contributed by atoms with Gasteiger partial charge in [-0.15, -0.1) is 0 Å². The number of rotatable bonds is 7. The molecule has 2 aromatic heterocycles. The van der Waals surface area contributed by atoms with Gasteiger partial charge in [0.05, 0.1) is 5.56 Å². The highest BCUT2D eigenvalue weighted by atomic mass is 32.2. The van der Waals surface area contributed by atoms with Crippen LogP contribution in [0.15, 0.2) is 24.0 Å². The van der Waals surface area contributed by atoms with E-state index in [4.69, 9.17) is 5.11 Å². The maximum absolute atomic E-state index is 11.7. The van der Waals surface area contributed by atoms with Crippen LogP contribution in [-0.4, -0.2) is 45.7 Å². The Kier molecular flexibility index (Phi) is 5.11. The zero-order valence-electron chi connectivity index (χ0n) is 11.6. The molecule has 0 bridgehead atoms. The van der Waals surface area contributed by atoms with Crippen molar-refractivity contribution in [3.63, 3.8) is 0 Å². The summed E-state index contributed by atoms with van der Waals surface area (Å²) in [5.41, 5.74) is 2.34. The van der Waals surface area contributed by atoms with Crippen LogP contribution in [0.2, 0.25) is 0 Å². The minimum Gasteiger partial charge on any atom is -0.480 e. The van der Waals surface area contributed by atoms with E-state index in [1.807, 2.05) is 0 Å². The molecule has 0 saturated carbocycles. The topological polar surface area (TPSA) is 126 Å². The van der Waals surface area contributed by atoms with Gasteiger partial charge in [-0.3, -0.25) is 4.79 Å². The Labute approximate surface area is 130 Å². The number of carboxylic acid groups (broad SMARTS) is 1. The van der Waals surface area contributed by atoms with Gasteiger partial charge in [0.25, 0.3) is 0 Å². The van der Waals surface area contributed by atoms with Crippen LogP contribution in [0.25, 0.3) is 11.4 Å². The van der Waals surface area contributed by atoms with Crippen molar-refractivity contribution in [3.05, 3.63) is 24.0 Å². The third kappa shape index (κ3) is 4.51. The second-order valence-electron chi connectivity index (χ2n) is 4.43. The number of aliphatic carboxylic acids is 1. The number of hydrogen-bond acceptors (Lipinski definition) is 7. The van der Waals surface area contributed by atoms with Crippen LogP contribution in [0, 0.1) is 0 Å². The summed E-state index contributed by atoms with van der Waals surface area (Å²) in [6.07, 6.45) is 3.16. The van der Waals surface area contributed by atoms with Gasteiger partial charge in [0.15, 0.2) is 18.6 Å². The molecule has 1 atom stereocenters. The molecule has 0 aliphatic rings. The molecule has 0 saturated heterocycles. The van der Waals surface area contributed by atoms with Crippen molar-refractivity contribution in [1.29, 1.82) is 0 Å². The van der Waals surface area contributed by atoms with Crippen LogP contribution >= 0.6 is 11.5 Å². The predicted octanol–water partition coefficient (Wildman–Crippen LogP) is -0.720. The summed E-state index contributed by atoms with van der Waals surface area (Å²) in [5, 5.41) is 12.8. The summed E-state index contributed by atoms with van der Waals surface area (Å²) in [6.45, 7) is 1.37. The van der Waals surface area contributed by atoms with Crippen LogP contribution in [0.3, 0.4) is 0 Å². The smallest absolute Gasteiger partial charge is 0.321 e. The van der Waals surface area contributed by atoms with E-state index in [-0.39, 0.29) is 12.3 Å². The van der Waals surface area contributed by atoms with E-state index in [2.05, 4.69) is 19.2 Å². The molecule has 2 heterocycles. The Morgan fingerprint density at radius 1 is 1.55 bits per heavy atom. The largest absolute Gasteiger partial charge is 0.480 e. The molecule has 2 N–H and O–H groups in total. The van der Waals surface area contributed by atoms with Gasteiger partial charge in [-0.2, -0.15) is 4.37 Å². The lowest BCUT2D eigenvalue weighted by atomic mass is 10.3. The molecule has 22 heavy (non-hydrogen) atoms. The number of sulfonamides is 1. The molecule has 0 amide bonds. The van der Waals surface area contributed by atoms with Gasteiger partial charge in [0.2, 0.25) is 10.0 Å². The Bertz CT molecular complexity index is 730. The molecule has 2 aromatic rings. The summed E-state index contributed by atoms with van der Waals surface area (Å²) in [5.74, 6) is -0.931. The first-order valence-electron chi connectivity index (χ1n) is 6.23. The van der Waals surface area contributed by atoms with Crippen molar-refractivity contribution in [3.8, 4) is 11.4 Å². The highest BCUT2D eigenvalue weighted by Gasteiger charge is 2.21. The number of carboxylic acids is 1. The normalized spacial score (nSPS) is 13.0. The highest BCUT2D eigenvalue weighted by molar-refractivity contribution is 7.89. The zero-order chi connectivity index (χ0) is 16.2. The molecular formula is C11H14N5O4S2+. The number of nitrogens with zero attached hydrogens (tertiary/aromatic N) is 4. The van der Waals surface area contributed by atoms with E-state index in [9.17, 15) is 13.2 Å². The fraction of sp³-hybridized carbons (Fsp3) is 0.364. The van der Waals surface area contributed by atoms with Crippen LogP contribution < -0.4 is 9.40 Å². The first-order valence-corrected chi connectivity index (χ1v) is 8.71. The molecule has 11 heteroatoms. The van der Waals surface area contributed by atoms with Crippen molar-refractivity contribution in [1.82, 2.24) is 19.2 Å². The van der Waals surface area contributed by atoms with E-state index in [0.717, 1.165) is 5.56 Å². The van der Waals surface area contributed by atoms with Crippen LogP contribution in [0.5, 0.6) is 0 Å². The quantitative estimate of drug-likeness (QED) is 0.635.